The Labute approximate surface area is 141 Å². The number of hydrogen-bond acceptors (Lipinski definition) is 6. The molecule has 0 saturated heterocycles. The van der Waals surface area contributed by atoms with E-state index < -0.39 is 5.97 Å². The van der Waals surface area contributed by atoms with Crippen LogP contribution in [0.15, 0.2) is 69.1 Å². The molecule has 23 heavy (non-hydrogen) atoms. The highest BCUT2D eigenvalue weighted by Gasteiger charge is 2.32. The molecule has 1 aromatic heterocycles. The monoisotopic (exact) mass is 343 g/mol. The quantitative estimate of drug-likeness (QED) is 0.831. The normalized spacial score (nSPS) is 18.0. The number of esters is 1. The van der Waals surface area contributed by atoms with Crippen molar-refractivity contribution in [2.24, 2.45) is 4.99 Å². The predicted octanol–water partition coefficient (Wildman–Crippen LogP) is 4.55. The Hall–Kier alpha value is -2.31. The van der Waals surface area contributed by atoms with Gasteiger partial charge < -0.3 is 9.84 Å². The van der Waals surface area contributed by atoms with Crippen LogP contribution in [0.25, 0.3) is 6.08 Å². The lowest BCUT2D eigenvalue weighted by Crippen LogP contribution is -2.10. The lowest BCUT2D eigenvalue weighted by Gasteiger charge is -2.01. The first-order valence-electron chi connectivity index (χ1n) is 6.78. The van der Waals surface area contributed by atoms with Crippen LogP contribution >= 0.6 is 23.1 Å². The molecule has 0 radical (unpaired) electrons. The first kappa shape index (κ1) is 15.6. The standard InChI is InChI=1S/C17H13NO3S2/c1-21-17(20)14-15(19)13(10-12-8-5-9-22-12)23-16(14)18-11-6-3-2-4-7-11/h2-10,19H,1H3/b13-10+,18-16?. The zero-order valence-corrected chi connectivity index (χ0v) is 13.9. The maximum absolute atomic E-state index is 12.0. The van der Waals surface area contributed by atoms with Gasteiger partial charge in [-0.3, -0.25) is 0 Å². The van der Waals surface area contributed by atoms with Gasteiger partial charge in [-0.25, -0.2) is 9.79 Å². The van der Waals surface area contributed by atoms with Gasteiger partial charge in [0.05, 0.1) is 17.7 Å². The average molecular weight is 343 g/mol. The molecule has 2 heterocycles. The van der Waals surface area contributed by atoms with E-state index in [4.69, 9.17) is 4.74 Å². The van der Waals surface area contributed by atoms with Crippen LogP contribution in [-0.2, 0) is 9.53 Å². The lowest BCUT2D eigenvalue weighted by atomic mass is 10.2. The molecule has 0 atom stereocenters. The van der Waals surface area contributed by atoms with E-state index in [2.05, 4.69) is 4.99 Å². The van der Waals surface area contributed by atoms with Gasteiger partial charge in [-0.05, 0) is 29.7 Å². The zero-order valence-electron chi connectivity index (χ0n) is 12.2. The molecule has 4 nitrogen and oxygen atoms in total. The number of nitrogens with zero attached hydrogens (tertiary/aromatic N) is 1. The maximum atomic E-state index is 12.0. The number of carbonyl (C=O) groups excluding carboxylic acids is 1. The Bertz CT molecular complexity index is 806. The smallest absolute Gasteiger partial charge is 0.344 e. The molecule has 3 rings (SSSR count). The number of thiophene rings is 1. The molecule has 6 heteroatoms. The van der Waals surface area contributed by atoms with E-state index in [9.17, 15) is 9.90 Å². The molecular formula is C17H13NO3S2. The van der Waals surface area contributed by atoms with Crippen molar-refractivity contribution < 1.29 is 14.6 Å². The third-order valence-electron chi connectivity index (χ3n) is 3.08. The molecule has 0 bridgehead atoms. The average Bonchev–Trinajstić information content (AvgIpc) is 3.17. The van der Waals surface area contributed by atoms with Crippen molar-refractivity contribution in [3.05, 3.63) is 69.0 Å². The second-order valence-corrected chi connectivity index (χ2v) is 6.60. The molecule has 0 unspecified atom stereocenters. The Kier molecular flexibility index (Phi) is 4.64. The maximum Gasteiger partial charge on any atom is 0.344 e. The number of aliphatic hydroxyl groups excluding tert-OH is 1. The van der Waals surface area contributed by atoms with Crippen molar-refractivity contribution in [2.75, 3.05) is 7.11 Å². The summed E-state index contributed by atoms with van der Waals surface area (Å²) in [7, 11) is 1.29. The summed E-state index contributed by atoms with van der Waals surface area (Å²) in [6, 6.07) is 13.2. The van der Waals surface area contributed by atoms with Crippen LogP contribution in [0.3, 0.4) is 0 Å². The van der Waals surface area contributed by atoms with E-state index in [1.165, 1.54) is 18.9 Å². The molecule has 1 aromatic carbocycles. The van der Waals surface area contributed by atoms with E-state index >= 15 is 0 Å². The number of ether oxygens (including phenoxy) is 1. The van der Waals surface area contributed by atoms with E-state index in [-0.39, 0.29) is 11.3 Å². The van der Waals surface area contributed by atoms with Gasteiger partial charge in [-0.2, -0.15) is 0 Å². The summed E-state index contributed by atoms with van der Waals surface area (Å²) in [6.45, 7) is 0. The van der Waals surface area contributed by atoms with E-state index in [1.54, 1.807) is 11.3 Å². The molecule has 0 spiro atoms. The van der Waals surface area contributed by atoms with Gasteiger partial charge in [0.15, 0.2) is 0 Å². The van der Waals surface area contributed by atoms with Gasteiger partial charge >= 0.3 is 5.97 Å². The summed E-state index contributed by atoms with van der Waals surface area (Å²) in [5.41, 5.74) is 0.811. The van der Waals surface area contributed by atoms with Crippen LogP contribution in [0.2, 0.25) is 0 Å². The Morgan fingerprint density at radius 2 is 2.00 bits per heavy atom. The summed E-state index contributed by atoms with van der Waals surface area (Å²) < 4.78 is 4.78. The topological polar surface area (TPSA) is 58.9 Å². The van der Waals surface area contributed by atoms with Crippen molar-refractivity contribution in [1.82, 2.24) is 0 Å². The molecule has 1 aliphatic rings. The molecule has 1 aliphatic heterocycles. The molecule has 2 aromatic rings. The van der Waals surface area contributed by atoms with E-state index in [0.29, 0.717) is 15.6 Å². The molecular weight excluding hydrogens is 330 g/mol. The summed E-state index contributed by atoms with van der Waals surface area (Å²) in [5, 5.41) is 12.8. The van der Waals surface area contributed by atoms with Crippen LogP contribution in [-0.4, -0.2) is 23.2 Å². The van der Waals surface area contributed by atoms with E-state index in [1.807, 2.05) is 53.9 Å². The van der Waals surface area contributed by atoms with Crippen molar-refractivity contribution >= 4 is 45.9 Å². The fourth-order valence-electron chi connectivity index (χ4n) is 2.01. The van der Waals surface area contributed by atoms with Crippen LogP contribution in [0.5, 0.6) is 0 Å². The van der Waals surface area contributed by atoms with Gasteiger partial charge in [0.2, 0.25) is 0 Å². The summed E-state index contributed by atoms with van der Waals surface area (Å²) in [4.78, 5) is 18.1. The van der Waals surface area contributed by atoms with Crippen molar-refractivity contribution in [3.63, 3.8) is 0 Å². The molecule has 0 aliphatic carbocycles. The minimum atomic E-state index is -0.598. The number of aliphatic imine (C=N–C) groups is 1. The lowest BCUT2D eigenvalue weighted by molar-refractivity contribution is -0.135. The van der Waals surface area contributed by atoms with Crippen molar-refractivity contribution in [1.29, 1.82) is 0 Å². The second-order valence-electron chi connectivity index (χ2n) is 4.59. The number of para-hydroxylation sites is 1. The number of rotatable bonds is 3. The van der Waals surface area contributed by atoms with Crippen molar-refractivity contribution in [2.45, 2.75) is 0 Å². The van der Waals surface area contributed by atoms with Crippen LogP contribution in [0, 0.1) is 0 Å². The highest BCUT2D eigenvalue weighted by atomic mass is 32.2. The number of benzene rings is 1. The SMILES string of the molecule is COC(=O)C1=C(O)/C(=C\c2cccs2)SC1=Nc1ccccc1. The molecule has 0 amide bonds. The van der Waals surface area contributed by atoms with Crippen LogP contribution in [0.1, 0.15) is 4.88 Å². The number of methoxy groups -OCH3 is 1. The Balaban J connectivity index is 2.04. The largest absolute Gasteiger partial charge is 0.506 e. The van der Waals surface area contributed by atoms with Crippen LogP contribution in [0.4, 0.5) is 5.69 Å². The molecule has 0 saturated carbocycles. The van der Waals surface area contributed by atoms with Crippen molar-refractivity contribution in [3.8, 4) is 0 Å². The number of thioether (sulfide) groups is 1. The van der Waals surface area contributed by atoms with Crippen LogP contribution < -0.4 is 0 Å². The molecule has 1 N–H and O–H groups in total. The summed E-state index contributed by atoms with van der Waals surface area (Å²) >= 11 is 2.81. The molecule has 116 valence electrons. The van der Waals surface area contributed by atoms with Gasteiger partial charge in [0.1, 0.15) is 16.4 Å². The third-order valence-corrected chi connectivity index (χ3v) is 4.92. The summed E-state index contributed by atoms with van der Waals surface area (Å²) in [6.07, 6.45) is 1.83. The highest BCUT2D eigenvalue weighted by molar-refractivity contribution is 8.18. The fourth-order valence-corrected chi connectivity index (χ4v) is 3.77. The Morgan fingerprint density at radius 3 is 2.65 bits per heavy atom. The number of hydrogen-bond donors (Lipinski definition) is 1. The first-order chi connectivity index (χ1) is 11.2. The Morgan fingerprint density at radius 1 is 1.22 bits per heavy atom. The highest BCUT2D eigenvalue weighted by Crippen LogP contribution is 2.40. The minimum Gasteiger partial charge on any atom is -0.506 e. The first-order valence-corrected chi connectivity index (χ1v) is 8.47. The third kappa shape index (κ3) is 3.38. The van der Waals surface area contributed by atoms with Gasteiger partial charge in [-0.15, -0.1) is 11.3 Å². The van der Waals surface area contributed by atoms with Gasteiger partial charge in [0.25, 0.3) is 0 Å². The van der Waals surface area contributed by atoms with Gasteiger partial charge in [0, 0.05) is 4.88 Å². The molecule has 0 fully saturated rings. The zero-order chi connectivity index (χ0) is 16.2. The number of carbonyl (C=O) groups is 1. The predicted molar refractivity (Wildman–Crippen MR) is 95.1 cm³/mol. The number of aliphatic hydroxyl groups is 1. The van der Waals surface area contributed by atoms with E-state index in [0.717, 1.165) is 4.88 Å². The summed E-state index contributed by atoms with van der Waals surface area (Å²) in [5.74, 6) is -0.691. The second kappa shape index (κ2) is 6.85. The van der Waals surface area contributed by atoms with Gasteiger partial charge in [-0.1, -0.05) is 36.0 Å². The minimum absolute atomic E-state index is 0.0927. The fraction of sp³-hybridized carbons (Fsp3) is 0.0588.